The Morgan fingerprint density at radius 1 is 1.16 bits per heavy atom. The van der Waals surface area contributed by atoms with E-state index in [2.05, 4.69) is 11.8 Å². The average molecular weight is 285 g/mol. The lowest BCUT2D eigenvalue weighted by atomic mass is 10.2. The second-order valence-electron chi connectivity index (χ2n) is 4.82. The first-order chi connectivity index (χ1) is 8.80. The summed E-state index contributed by atoms with van der Waals surface area (Å²) in [5.41, 5.74) is 6.53. The lowest BCUT2D eigenvalue weighted by molar-refractivity contribution is 0.520. The van der Waals surface area contributed by atoms with E-state index in [1.807, 2.05) is 19.2 Å². The number of sulfonamides is 1. The Balaban J connectivity index is 2.94. The lowest BCUT2D eigenvalue weighted by Gasteiger charge is -2.27. The zero-order valence-electron chi connectivity index (χ0n) is 12.0. The topological polar surface area (TPSA) is 66.6 Å². The van der Waals surface area contributed by atoms with Gasteiger partial charge in [0, 0.05) is 32.9 Å². The zero-order valence-corrected chi connectivity index (χ0v) is 12.8. The standard InChI is InChI=1S/C13H23N3O2S/c1-11(9-10-14)16(4)12-5-7-13(8-6-12)19(17,18)15(2)3/h5-8,11H,9-10,14H2,1-4H3. The van der Waals surface area contributed by atoms with Crippen molar-refractivity contribution in [2.75, 3.05) is 32.6 Å². The molecule has 1 unspecified atom stereocenters. The monoisotopic (exact) mass is 285 g/mol. The number of nitrogens with two attached hydrogens (primary N) is 1. The highest BCUT2D eigenvalue weighted by Gasteiger charge is 2.17. The molecule has 1 atom stereocenters. The summed E-state index contributed by atoms with van der Waals surface area (Å²) in [6.45, 7) is 2.73. The molecule has 0 aliphatic heterocycles. The fraction of sp³-hybridized carbons (Fsp3) is 0.538. The van der Waals surface area contributed by atoms with Crippen LogP contribution in [-0.4, -0.2) is 46.5 Å². The van der Waals surface area contributed by atoms with Gasteiger partial charge >= 0.3 is 0 Å². The average Bonchev–Trinajstić information content (AvgIpc) is 2.38. The number of rotatable bonds is 6. The normalized spacial score (nSPS) is 13.6. The maximum Gasteiger partial charge on any atom is 0.242 e. The Morgan fingerprint density at radius 3 is 2.11 bits per heavy atom. The van der Waals surface area contributed by atoms with E-state index < -0.39 is 10.0 Å². The van der Waals surface area contributed by atoms with Crippen LogP contribution in [0.3, 0.4) is 0 Å². The largest absolute Gasteiger partial charge is 0.372 e. The quantitative estimate of drug-likeness (QED) is 0.850. The lowest BCUT2D eigenvalue weighted by Crippen LogP contribution is -2.30. The summed E-state index contributed by atoms with van der Waals surface area (Å²) in [7, 11) is 1.68. The SMILES string of the molecule is CC(CCN)N(C)c1ccc(S(=O)(=O)N(C)C)cc1. The fourth-order valence-corrected chi connectivity index (χ4v) is 2.66. The van der Waals surface area contributed by atoms with Gasteiger partial charge in [0.1, 0.15) is 0 Å². The second kappa shape index (κ2) is 6.36. The Kier molecular flexibility index (Phi) is 5.34. The summed E-state index contributed by atoms with van der Waals surface area (Å²) in [6.07, 6.45) is 0.897. The van der Waals surface area contributed by atoms with Gasteiger partial charge < -0.3 is 10.6 Å². The minimum Gasteiger partial charge on any atom is -0.372 e. The summed E-state index contributed by atoms with van der Waals surface area (Å²) in [4.78, 5) is 2.40. The number of benzene rings is 1. The molecular formula is C13H23N3O2S. The minimum absolute atomic E-state index is 0.307. The van der Waals surface area contributed by atoms with Crippen LogP contribution in [0.5, 0.6) is 0 Å². The molecule has 0 saturated carbocycles. The molecule has 0 spiro atoms. The smallest absolute Gasteiger partial charge is 0.242 e. The molecule has 0 aliphatic rings. The van der Waals surface area contributed by atoms with Crippen molar-refractivity contribution < 1.29 is 8.42 Å². The van der Waals surface area contributed by atoms with Crippen molar-refractivity contribution in [1.82, 2.24) is 4.31 Å². The van der Waals surface area contributed by atoms with Gasteiger partial charge in [-0.1, -0.05) is 0 Å². The van der Waals surface area contributed by atoms with Crippen LogP contribution in [0.2, 0.25) is 0 Å². The van der Waals surface area contributed by atoms with Crippen LogP contribution in [0.4, 0.5) is 5.69 Å². The number of anilines is 1. The van der Waals surface area contributed by atoms with E-state index in [4.69, 9.17) is 5.73 Å². The van der Waals surface area contributed by atoms with E-state index >= 15 is 0 Å². The van der Waals surface area contributed by atoms with Crippen molar-refractivity contribution in [3.63, 3.8) is 0 Å². The van der Waals surface area contributed by atoms with Crippen LogP contribution < -0.4 is 10.6 Å². The third-order valence-corrected chi connectivity index (χ3v) is 5.10. The summed E-state index contributed by atoms with van der Waals surface area (Å²) in [6, 6.07) is 7.24. The Morgan fingerprint density at radius 2 is 1.68 bits per heavy atom. The minimum atomic E-state index is -3.36. The van der Waals surface area contributed by atoms with Gasteiger partial charge in [0.25, 0.3) is 0 Å². The van der Waals surface area contributed by atoms with Crippen molar-refractivity contribution in [2.24, 2.45) is 5.73 Å². The molecule has 2 N–H and O–H groups in total. The third-order valence-electron chi connectivity index (χ3n) is 3.27. The van der Waals surface area contributed by atoms with Gasteiger partial charge in [-0.25, -0.2) is 12.7 Å². The molecule has 1 rings (SSSR count). The highest BCUT2D eigenvalue weighted by molar-refractivity contribution is 7.89. The van der Waals surface area contributed by atoms with Crippen molar-refractivity contribution in [3.05, 3.63) is 24.3 Å². The first-order valence-electron chi connectivity index (χ1n) is 6.26. The molecule has 6 heteroatoms. The maximum absolute atomic E-state index is 11.9. The predicted octanol–water partition coefficient (Wildman–Crippen LogP) is 1.11. The first kappa shape index (κ1) is 15.9. The van der Waals surface area contributed by atoms with Crippen LogP contribution in [0, 0.1) is 0 Å². The van der Waals surface area contributed by atoms with Crippen molar-refractivity contribution in [3.8, 4) is 0 Å². The number of nitrogens with zero attached hydrogens (tertiary/aromatic N) is 2. The first-order valence-corrected chi connectivity index (χ1v) is 7.70. The molecule has 0 amide bonds. The molecule has 1 aromatic rings. The summed E-state index contributed by atoms with van der Waals surface area (Å²) < 4.78 is 25.1. The Bertz CT molecular complexity index is 497. The molecule has 19 heavy (non-hydrogen) atoms. The van der Waals surface area contributed by atoms with Crippen molar-refractivity contribution in [1.29, 1.82) is 0 Å². The predicted molar refractivity (Wildman–Crippen MR) is 78.9 cm³/mol. The molecule has 1 aromatic carbocycles. The van der Waals surface area contributed by atoms with E-state index in [0.717, 1.165) is 12.1 Å². The summed E-state index contributed by atoms with van der Waals surface area (Å²) in [5.74, 6) is 0. The molecule has 0 aliphatic carbocycles. The molecule has 0 aromatic heterocycles. The van der Waals surface area contributed by atoms with Gasteiger partial charge in [-0.2, -0.15) is 0 Å². The molecule has 0 heterocycles. The molecule has 0 radical (unpaired) electrons. The molecule has 0 fully saturated rings. The second-order valence-corrected chi connectivity index (χ2v) is 6.97. The van der Waals surface area contributed by atoms with Gasteiger partial charge in [-0.15, -0.1) is 0 Å². The van der Waals surface area contributed by atoms with E-state index in [0.29, 0.717) is 17.5 Å². The maximum atomic E-state index is 11.9. The highest BCUT2D eigenvalue weighted by atomic mass is 32.2. The summed E-state index contributed by atoms with van der Waals surface area (Å²) >= 11 is 0. The van der Waals surface area contributed by atoms with Gasteiger partial charge in [-0.05, 0) is 44.2 Å². The number of hydrogen-bond donors (Lipinski definition) is 1. The van der Waals surface area contributed by atoms with Crippen molar-refractivity contribution in [2.45, 2.75) is 24.3 Å². The van der Waals surface area contributed by atoms with E-state index in [1.54, 1.807) is 12.1 Å². The number of hydrogen-bond acceptors (Lipinski definition) is 4. The van der Waals surface area contributed by atoms with Crippen LogP contribution in [0.25, 0.3) is 0 Å². The van der Waals surface area contributed by atoms with Crippen LogP contribution in [-0.2, 0) is 10.0 Å². The fourth-order valence-electron chi connectivity index (χ4n) is 1.75. The van der Waals surface area contributed by atoms with Crippen LogP contribution in [0.1, 0.15) is 13.3 Å². The van der Waals surface area contributed by atoms with Crippen LogP contribution in [0.15, 0.2) is 29.2 Å². The van der Waals surface area contributed by atoms with Gasteiger partial charge in [-0.3, -0.25) is 0 Å². The van der Waals surface area contributed by atoms with E-state index in [-0.39, 0.29) is 0 Å². The molecular weight excluding hydrogens is 262 g/mol. The Hall–Kier alpha value is -1.11. The van der Waals surface area contributed by atoms with Gasteiger partial charge in [0.15, 0.2) is 0 Å². The van der Waals surface area contributed by atoms with E-state index in [1.165, 1.54) is 18.4 Å². The molecule has 108 valence electrons. The zero-order chi connectivity index (χ0) is 14.6. The highest BCUT2D eigenvalue weighted by Crippen LogP contribution is 2.20. The third kappa shape index (κ3) is 3.68. The van der Waals surface area contributed by atoms with Crippen molar-refractivity contribution >= 4 is 15.7 Å². The van der Waals surface area contributed by atoms with E-state index in [9.17, 15) is 8.42 Å². The van der Waals surface area contributed by atoms with Crippen LogP contribution >= 0.6 is 0 Å². The van der Waals surface area contributed by atoms with Gasteiger partial charge in [0.05, 0.1) is 4.90 Å². The molecule has 5 nitrogen and oxygen atoms in total. The van der Waals surface area contributed by atoms with Gasteiger partial charge in [0.2, 0.25) is 10.0 Å². The molecule has 0 bridgehead atoms. The summed E-state index contributed by atoms with van der Waals surface area (Å²) in [5, 5.41) is 0. The Labute approximate surface area is 116 Å². The molecule has 0 saturated heterocycles.